The van der Waals surface area contributed by atoms with E-state index in [2.05, 4.69) is 16.4 Å². The van der Waals surface area contributed by atoms with Crippen molar-refractivity contribution in [1.29, 1.82) is 5.26 Å². The number of nitrogens with two attached hydrogens (primary N) is 2. The number of nitrogens with zero attached hydrogens (tertiary/aromatic N) is 2. The molecule has 0 unspecified atom stereocenters. The van der Waals surface area contributed by atoms with Crippen molar-refractivity contribution in [1.82, 2.24) is 4.98 Å². The summed E-state index contributed by atoms with van der Waals surface area (Å²) in [6.07, 6.45) is 3.58. The fourth-order valence-corrected chi connectivity index (χ4v) is 2.92. The van der Waals surface area contributed by atoms with Crippen LogP contribution in [0.1, 0.15) is 24.8 Å². The smallest absolute Gasteiger partial charge is 0.144 e. The van der Waals surface area contributed by atoms with Crippen LogP contribution in [0.5, 0.6) is 11.5 Å². The van der Waals surface area contributed by atoms with Gasteiger partial charge in [-0.3, -0.25) is 0 Å². The molecule has 7 heteroatoms. The number of nitrogens with one attached hydrogen (secondary N) is 1. The van der Waals surface area contributed by atoms with Gasteiger partial charge in [-0.15, -0.1) is 0 Å². The zero-order valence-corrected chi connectivity index (χ0v) is 14.5. The van der Waals surface area contributed by atoms with Gasteiger partial charge in [-0.05, 0) is 37.0 Å². The van der Waals surface area contributed by atoms with Gasteiger partial charge < -0.3 is 26.6 Å². The summed E-state index contributed by atoms with van der Waals surface area (Å²) in [5, 5.41) is 22.8. The van der Waals surface area contributed by atoms with E-state index in [-0.39, 0.29) is 17.1 Å². The highest BCUT2D eigenvalue weighted by atomic mass is 16.5. The van der Waals surface area contributed by atoms with Crippen LogP contribution >= 0.6 is 0 Å². The van der Waals surface area contributed by atoms with Crippen LogP contribution < -0.4 is 21.5 Å². The highest BCUT2D eigenvalue weighted by Gasteiger charge is 2.21. The van der Waals surface area contributed by atoms with Gasteiger partial charge in [-0.2, -0.15) is 5.26 Å². The van der Waals surface area contributed by atoms with E-state index in [0.29, 0.717) is 48.3 Å². The molecule has 1 aliphatic carbocycles. The molecule has 0 radical (unpaired) electrons. The predicted molar refractivity (Wildman–Crippen MR) is 101 cm³/mol. The number of hydrogen-bond acceptors (Lipinski definition) is 7. The number of nitriles is 1. The van der Waals surface area contributed by atoms with Crippen LogP contribution in [0.15, 0.2) is 24.3 Å². The minimum Gasteiger partial charge on any atom is -0.507 e. The van der Waals surface area contributed by atoms with Crippen LogP contribution in [0.4, 0.5) is 11.5 Å². The molecule has 6 N–H and O–H groups in total. The average molecular weight is 353 g/mol. The Hall–Kier alpha value is -2.98. The van der Waals surface area contributed by atoms with E-state index < -0.39 is 0 Å². The van der Waals surface area contributed by atoms with Crippen molar-refractivity contribution in [2.75, 3.05) is 30.7 Å². The number of pyridine rings is 1. The lowest BCUT2D eigenvalue weighted by molar-refractivity contribution is 0.181. The van der Waals surface area contributed by atoms with Crippen LogP contribution in [0.2, 0.25) is 0 Å². The number of rotatable bonds is 7. The second-order valence-electron chi connectivity index (χ2n) is 6.40. The monoisotopic (exact) mass is 353 g/mol. The molecule has 1 aromatic carbocycles. The first-order valence-electron chi connectivity index (χ1n) is 8.73. The third-order valence-corrected chi connectivity index (χ3v) is 4.58. The van der Waals surface area contributed by atoms with Crippen LogP contribution in [0.25, 0.3) is 11.3 Å². The summed E-state index contributed by atoms with van der Waals surface area (Å²) in [4.78, 5) is 4.31. The fourth-order valence-electron chi connectivity index (χ4n) is 2.92. The molecule has 0 spiro atoms. The van der Waals surface area contributed by atoms with Gasteiger partial charge >= 0.3 is 0 Å². The molecule has 0 bridgehead atoms. The summed E-state index contributed by atoms with van der Waals surface area (Å²) in [6.45, 7) is 1.51. The quantitative estimate of drug-likeness (QED) is 0.601. The zero-order chi connectivity index (χ0) is 18.5. The van der Waals surface area contributed by atoms with Crippen LogP contribution in [0, 0.1) is 17.2 Å². The lowest BCUT2D eigenvalue weighted by atomic mass is 9.86. The van der Waals surface area contributed by atoms with Gasteiger partial charge in [0.1, 0.15) is 28.9 Å². The number of benzene rings is 1. The van der Waals surface area contributed by atoms with Gasteiger partial charge in [-0.1, -0.05) is 12.5 Å². The number of phenols is 1. The number of aromatic hydroxyl groups is 1. The maximum Gasteiger partial charge on any atom is 0.144 e. The summed E-state index contributed by atoms with van der Waals surface area (Å²) >= 11 is 0. The molecule has 2 aromatic rings. The zero-order valence-electron chi connectivity index (χ0n) is 14.5. The minimum atomic E-state index is 0.0532. The second-order valence-corrected chi connectivity index (χ2v) is 6.40. The normalized spacial score (nSPS) is 13.7. The minimum absolute atomic E-state index is 0.0532. The third kappa shape index (κ3) is 3.65. The fraction of sp³-hybridized carbons (Fsp3) is 0.368. The number of aromatic nitrogens is 1. The van der Waals surface area contributed by atoms with Gasteiger partial charge in [0.25, 0.3) is 0 Å². The Balaban J connectivity index is 1.99. The first-order valence-corrected chi connectivity index (χ1v) is 8.73. The Morgan fingerprint density at radius 2 is 2.19 bits per heavy atom. The maximum absolute atomic E-state index is 10.4. The summed E-state index contributed by atoms with van der Waals surface area (Å²) in [5.41, 5.74) is 13.2. The molecule has 26 heavy (non-hydrogen) atoms. The van der Waals surface area contributed by atoms with Gasteiger partial charge in [0.05, 0.1) is 23.6 Å². The summed E-state index contributed by atoms with van der Waals surface area (Å²) in [6, 6.07) is 8.85. The van der Waals surface area contributed by atoms with Crippen molar-refractivity contribution in [2.45, 2.75) is 19.3 Å². The number of hydrogen-bond donors (Lipinski definition) is 4. The molecule has 1 fully saturated rings. The van der Waals surface area contributed by atoms with Crippen molar-refractivity contribution in [2.24, 2.45) is 11.7 Å². The van der Waals surface area contributed by atoms with E-state index in [9.17, 15) is 10.4 Å². The summed E-state index contributed by atoms with van der Waals surface area (Å²) < 4.78 is 5.95. The van der Waals surface area contributed by atoms with Gasteiger partial charge in [-0.25, -0.2) is 4.98 Å². The standard InChI is InChI=1S/C19H23N5O2/c20-7-8-23-14-9-15(24-19(22)13(14)10-21)18-16(25)5-2-6-17(18)26-11-12-3-1-4-12/h2,5-6,9,12,25H,1,3-4,7-8,11,20H2,(H3,22,23,24). The Morgan fingerprint density at radius 3 is 2.85 bits per heavy atom. The number of nitrogen functional groups attached to an aromatic ring is 1. The van der Waals surface area contributed by atoms with E-state index in [4.69, 9.17) is 16.2 Å². The van der Waals surface area contributed by atoms with Crippen molar-refractivity contribution in [3.8, 4) is 28.8 Å². The van der Waals surface area contributed by atoms with E-state index in [1.165, 1.54) is 19.3 Å². The number of anilines is 2. The van der Waals surface area contributed by atoms with E-state index in [1.54, 1.807) is 24.3 Å². The predicted octanol–water partition coefficient (Wildman–Crippen LogP) is 2.46. The molecule has 1 aromatic heterocycles. The van der Waals surface area contributed by atoms with E-state index >= 15 is 0 Å². The Morgan fingerprint density at radius 1 is 1.38 bits per heavy atom. The summed E-state index contributed by atoms with van der Waals surface area (Å²) in [5.74, 6) is 1.26. The molecule has 0 amide bonds. The van der Waals surface area contributed by atoms with Crippen molar-refractivity contribution in [3.63, 3.8) is 0 Å². The van der Waals surface area contributed by atoms with E-state index in [0.717, 1.165) is 0 Å². The molecular weight excluding hydrogens is 330 g/mol. The van der Waals surface area contributed by atoms with Crippen molar-refractivity contribution in [3.05, 3.63) is 29.8 Å². The van der Waals surface area contributed by atoms with Crippen molar-refractivity contribution < 1.29 is 9.84 Å². The Kier molecular flexibility index (Phi) is 5.44. The van der Waals surface area contributed by atoms with E-state index in [1.807, 2.05) is 0 Å². The molecule has 0 aliphatic heterocycles. The molecule has 0 atom stereocenters. The van der Waals surface area contributed by atoms with Crippen LogP contribution in [0.3, 0.4) is 0 Å². The Bertz CT molecular complexity index is 827. The lowest BCUT2D eigenvalue weighted by Gasteiger charge is -2.25. The third-order valence-electron chi connectivity index (χ3n) is 4.58. The van der Waals surface area contributed by atoms with Crippen molar-refractivity contribution >= 4 is 11.5 Å². The SMILES string of the molecule is N#Cc1c(NCCN)cc(-c2c(O)cccc2OCC2CCC2)nc1N. The highest BCUT2D eigenvalue weighted by molar-refractivity contribution is 5.80. The average Bonchev–Trinajstić information content (AvgIpc) is 2.58. The second kappa shape index (κ2) is 7.93. The first-order chi connectivity index (χ1) is 12.6. The van der Waals surface area contributed by atoms with Crippen LogP contribution in [-0.2, 0) is 0 Å². The molecule has 0 saturated heterocycles. The molecule has 1 aliphatic rings. The molecule has 136 valence electrons. The molecule has 3 rings (SSSR count). The molecular formula is C19H23N5O2. The van der Waals surface area contributed by atoms with Gasteiger partial charge in [0.2, 0.25) is 0 Å². The first kappa shape index (κ1) is 17.8. The highest BCUT2D eigenvalue weighted by Crippen LogP contribution is 2.39. The summed E-state index contributed by atoms with van der Waals surface area (Å²) in [7, 11) is 0. The Labute approximate surface area is 152 Å². The molecule has 7 nitrogen and oxygen atoms in total. The van der Waals surface area contributed by atoms with Gasteiger partial charge in [0.15, 0.2) is 0 Å². The molecule has 1 saturated carbocycles. The van der Waals surface area contributed by atoms with Gasteiger partial charge in [0, 0.05) is 13.1 Å². The topological polar surface area (TPSA) is 130 Å². The number of ether oxygens (including phenoxy) is 1. The molecule has 1 heterocycles. The number of phenolic OH excluding ortho intramolecular Hbond substituents is 1. The lowest BCUT2D eigenvalue weighted by Crippen LogP contribution is -2.19. The van der Waals surface area contributed by atoms with Crippen LogP contribution in [-0.4, -0.2) is 29.8 Å². The maximum atomic E-state index is 10.4. The largest absolute Gasteiger partial charge is 0.507 e.